The van der Waals surface area contributed by atoms with Crippen LogP contribution in [-0.2, 0) is 11.2 Å². The second kappa shape index (κ2) is 4.50. The average molecular weight is 194 g/mol. The lowest BCUT2D eigenvalue weighted by atomic mass is 10.1. The van der Waals surface area contributed by atoms with Crippen molar-refractivity contribution in [2.24, 2.45) is 5.73 Å². The van der Waals surface area contributed by atoms with Crippen molar-refractivity contribution in [1.29, 1.82) is 0 Å². The molecule has 1 aromatic carbocycles. The van der Waals surface area contributed by atoms with Crippen molar-refractivity contribution in [3.05, 3.63) is 23.8 Å². The molecule has 0 heterocycles. The van der Waals surface area contributed by atoms with Crippen LogP contribution in [0, 0.1) is 0 Å². The molecule has 0 aliphatic carbocycles. The van der Waals surface area contributed by atoms with Crippen molar-refractivity contribution in [1.82, 2.24) is 0 Å². The summed E-state index contributed by atoms with van der Waals surface area (Å²) >= 11 is 0. The van der Waals surface area contributed by atoms with Gasteiger partial charge in [-0.2, -0.15) is 0 Å². The van der Waals surface area contributed by atoms with Gasteiger partial charge in [-0.25, -0.2) is 0 Å². The summed E-state index contributed by atoms with van der Waals surface area (Å²) in [6.45, 7) is 1.86. The zero-order chi connectivity index (χ0) is 10.6. The highest BCUT2D eigenvalue weighted by Crippen LogP contribution is 2.24. The van der Waals surface area contributed by atoms with Gasteiger partial charge in [-0.15, -0.1) is 0 Å². The minimum Gasteiger partial charge on any atom is -0.483 e. The van der Waals surface area contributed by atoms with E-state index in [0.29, 0.717) is 11.4 Å². The fourth-order valence-electron chi connectivity index (χ4n) is 1.25. The molecule has 0 spiro atoms. The summed E-state index contributed by atoms with van der Waals surface area (Å²) in [5.74, 6) is 0.140. The SMILES string of the molecule is CCc1c(N)cccc1OCC(N)=O. The van der Waals surface area contributed by atoms with Crippen LogP contribution in [0.3, 0.4) is 0 Å². The number of hydrogen-bond donors (Lipinski definition) is 2. The van der Waals surface area contributed by atoms with E-state index in [0.717, 1.165) is 12.0 Å². The fraction of sp³-hybridized carbons (Fsp3) is 0.300. The summed E-state index contributed by atoms with van der Waals surface area (Å²) in [5.41, 5.74) is 12.3. The molecule has 0 aliphatic rings. The Morgan fingerprint density at radius 3 is 2.79 bits per heavy atom. The maximum atomic E-state index is 10.5. The molecule has 1 amide bonds. The van der Waals surface area contributed by atoms with E-state index in [-0.39, 0.29) is 6.61 Å². The number of anilines is 1. The first-order valence-electron chi connectivity index (χ1n) is 4.43. The van der Waals surface area contributed by atoms with E-state index >= 15 is 0 Å². The summed E-state index contributed by atoms with van der Waals surface area (Å²) in [4.78, 5) is 10.5. The molecule has 0 aromatic heterocycles. The summed E-state index contributed by atoms with van der Waals surface area (Å²) in [7, 11) is 0. The molecule has 0 unspecified atom stereocenters. The van der Waals surface area contributed by atoms with Gasteiger partial charge in [-0.3, -0.25) is 4.79 Å². The molecule has 1 aromatic rings. The monoisotopic (exact) mass is 194 g/mol. The third kappa shape index (κ3) is 2.39. The molecule has 76 valence electrons. The van der Waals surface area contributed by atoms with Crippen LogP contribution in [0.5, 0.6) is 5.75 Å². The van der Waals surface area contributed by atoms with E-state index in [2.05, 4.69) is 0 Å². The number of nitrogens with two attached hydrogens (primary N) is 2. The Kier molecular flexibility index (Phi) is 3.34. The quantitative estimate of drug-likeness (QED) is 0.692. The average Bonchev–Trinajstić information content (AvgIpc) is 2.14. The molecule has 4 nitrogen and oxygen atoms in total. The zero-order valence-electron chi connectivity index (χ0n) is 8.12. The lowest BCUT2D eigenvalue weighted by Gasteiger charge is -2.10. The van der Waals surface area contributed by atoms with Crippen LogP contribution in [-0.4, -0.2) is 12.5 Å². The minimum atomic E-state index is -0.491. The van der Waals surface area contributed by atoms with Gasteiger partial charge in [0.15, 0.2) is 6.61 Å². The molecule has 0 bridgehead atoms. The van der Waals surface area contributed by atoms with E-state index < -0.39 is 5.91 Å². The largest absolute Gasteiger partial charge is 0.483 e. The third-order valence-electron chi connectivity index (χ3n) is 1.89. The second-order valence-corrected chi connectivity index (χ2v) is 2.93. The Bertz CT molecular complexity index is 337. The summed E-state index contributed by atoms with van der Waals surface area (Å²) in [6, 6.07) is 5.36. The van der Waals surface area contributed by atoms with Gasteiger partial charge in [-0.05, 0) is 18.6 Å². The second-order valence-electron chi connectivity index (χ2n) is 2.93. The van der Waals surface area contributed by atoms with Gasteiger partial charge in [0.2, 0.25) is 0 Å². The molecule has 0 saturated heterocycles. The highest BCUT2D eigenvalue weighted by Gasteiger charge is 2.05. The number of hydrogen-bond acceptors (Lipinski definition) is 3. The standard InChI is InChI=1S/C10H14N2O2/c1-2-7-8(11)4-3-5-9(7)14-6-10(12)13/h3-5H,2,6,11H2,1H3,(H2,12,13). The van der Waals surface area contributed by atoms with E-state index in [4.69, 9.17) is 16.2 Å². The van der Waals surface area contributed by atoms with Gasteiger partial charge in [0.05, 0.1) is 0 Å². The molecule has 0 fully saturated rings. The van der Waals surface area contributed by atoms with Gasteiger partial charge >= 0.3 is 0 Å². The Hall–Kier alpha value is -1.71. The van der Waals surface area contributed by atoms with Gasteiger partial charge in [0, 0.05) is 11.3 Å². The zero-order valence-corrected chi connectivity index (χ0v) is 8.12. The third-order valence-corrected chi connectivity index (χ3v) is 1.89. The van der Waals surface area contributed by atoms with Crippen LogP contribution < -0.4 is 16.2 Å². The first-order valence-corrected chi connectivity index (χ1v) is 4.43. The number of rotatable bonds is 4. The minimum absolute atomic E-state index is 0.115. The lowest BCUT2D eigenvalue weighted by molar-refractivity contribution is -0.119. The van der Waals surface area contributed by atoms with E-state index in [9.17, 15) is 4.79 Å². The lowest BCUT2D eigenvalue weighted by Crippen LogP contribution is -2.20. The van der Waals surface area contributed by atoms with Gasteiger partial charge in [0.1, 0.15) is 5.75 Å². The van der Waals surface area contributed by atoms with Crippen LogP contribution in [0.15, 0.2) is 18.2 Å². The highest BCUT2D eigenvalue weighted by atomic mass is 16.5. The first kappa shape index (κ1) is 10.4. The normalized spacial score (nSPS) is 9.79. The smallest absolute Gasteiger partial charge is 0.255 e. The summed E-state index contributed by atoms with van der Waals surface area (Å²) < 4.78 is 5.22. The maximum absolute atomic E-state index is 10.5. The van der Waals surface area contributed by atoms with Gasteiger partial charge in [-0.1, -0.05) is 13.0 Å². The molecule has 4 N–H and O–H groups in total. The van der Waals surface area contributed by atoms with Crippen molar-refractivity contribution < 1.29 is 9.53 Å². The van der Waals surface area contributed by atoms with Crippen LogP contribution in [0.4, 0.5) is 5.69 Å². The van der Waals surface area contributed by atoms with Gasteiger partial charge < -0.3 is 16.2 Å². The number of benzene rings is 1. The topological polar surface area (TPSA) is 78.3 Å². The van der Waals surface area contributed by atoms with E-state index in [1.165, 1.54) is 0 Å². The Labute approximate surface area is 82.8 Å². The maximum Gasteiger partial charge on any atom is 0.255 e. The highest BCUT2D eigenvalue weighted by molar-refractivity contribution is 5.75. The van der Waals surface area contributed by atoms with Crippen LogP contribution in [0.2, 0.25) is 0 Å². The number of ether oxygens (including phenoxy) is 1. The van der Waals surface area contributed by atoms with Crippen molar-refractivity contribution in [2.75, 3.05) is 12.3 Å². The molecule has 0 radical (unpaired) electrons. The number of primary amides is 1. The van der Waals surface area contributed by atoms with E-state index in [1.54, 1.807) is 18.2 Å². The summed E-state index contributed by atoms with van der Waals surface area (Å²) in [5, 5.41) is 0. The number of carbonyl (C=O) groups excluding carboxylic acids is 1. The number of carbonyl (C=O) groups is 1. The Morgan fingerprint density at radius 2 is 2.21 bits per heavy atom. The Balaban J connectivity index is 2.85. The van der Waals surface area contributed by atoms with Crippen molar-refractivity contribution in [3.8, 4) is 5.75 Å². The van der Waals surface area contributed by atoms with Crippen molar-refractivity contribution >= 4 is 11.6 Å². The predicted molar refractivity (Wildman–Crippen MR) is 54.9 cm³/mol. The fourth-order valence-corrected chi connectivity index (χ4v) is 1.25. The number of nitrogen functional groups attached to an aromatic ring is 1. The molecular formula is C10H14N2O2. The molecular weight excluding hydrogens is 180 g/mol. The van der Waals surface area contributed by atoms with Crippen LogP contribution in [0.25, 0.3) is 0 Å². The van der Waals surface area contributed by atoms with Gasteiger partial charge in [0.25, 0.3) is 5.91 Å². The van der Waals surface area contributed by atoms with Crippen LogP contribution >= 0.6 is 0 Å². The molecule has 0 atom stereocenters. The van der Waals surface area contributed by atoms with Crippen molar-refractivity contribution in [2.45, 2.75) is 13.3 Å². The summed E-state index contributed by atoms with van der Waals surface area (Å²) in [6.07, 6.45) is 0.765. The molecule has 1 rings (SSSR count). The first-order chi connectivity index (χ1) is 6.65. The molecule has 4 heteroatoms. The van der Waals surface area contributed by atoms with Crippen molar-refractivity contribution in [3.63, 3.8) is 0 Å². The predicted octanol–water partition coefficient (Wildman–Crippen LogP) is 0.695. The molecule has 0 aliphatic heterocycles. The van der Waals surface area contributed by atoms with E-state index in [1.807, 2.05) is 6.92 Å². The molecule has 0 saturated carbocycles. The molecule has 14 heavy (non-hydrogen) atoms. The Morgan fingerprint density at radius 1 is 1.50 bits per heavy atom. The number of amides is 1. The van der Waals surface area contributed by atoms with Crippen LogP contribution in [0.1, 0.15) is 12.5 Å².